The highest BCUT2D eigenvalue weighted by molar-refractivity contribution is 5.90. The van der Waals surface area contributed by atoms with Crippen molar-refractivity contribution in [3.05, 3.63) is 52.4 Å². The number of benzene rings is 1. The van der Waals surface area contributed by atoms with Crippen molar-refractivity contribution in [3.8, 4) is 0 Å². The zero-order valence-electron chi connectivity index (χ0n) is 9.73. The van der Waals surface area contributed by atoms with E-state index in [2.05, 4.69) is 5.16 Å². The zero-order valence-corrected chi connectivity index (χ0v) is 9.73. The molecule has 0 atom stereocenters. The van der Waals surface area contributed by atoms with Gasteiger partial charge in [-0.1, -0.05) is 29.4 Å². The van der Waals surface area contributed by atoms with Crippen molar-refractivity contribution in [3.63, 3.8) is 0 Å². The van der Waals surface area contributed by atoms with Gasteiger partial charge < -0.3 is 9.63 Å². The van der Waals surface area contributed by atoms with E-state index >= 15 is 0 Å². The molecule has 0 saturated carbocycles. The van der Waals surface area contributed by atoms with Gasteiger partial charge in [-0.05, 0) is 25.0 Å². The highest BCUT2D eigenvalue weighted by atomic mass is 16.5. The fraction of sp³-hybridized carbons (Fsp3) is 0.231. The van der Waals surface area contributed by atoms with Crippen LogP contribution >= 0.6 is 0 Å². The zero-order chi connectivity index (χ0) is 12.4. The second-order valence-electron chi connectivity index (χ2n) is 3.97. The Bertz CT molecular complexity index is 558. The first kappa shape index (κ1) is 11.4. The van der Waals surface area contributed by atoms with Gasteiger partial charge >= 0.3 is 5.97 Å². The number of hydrogen-bond acceptors (Lipinski definition) is 3. The average Bonchev–Trinajstić information content (AvgIpc) is 2.63. The molecule has 0 unspecified atom stereocenters. The maximum absolute atomic E-state index is 11.1. The first-order valence-electron chi connectivity index (χ1n) is 5.32. The molecule has 0 aliphatic heterocycles. The van der Waals surface area contributed by atoms with E-state index in [0.29, 0.717) is 17.9 Å². The predicted molar refractivity (Wildman–Crippen MR) is 62.2 cm³/mol. The molecule has 4 heteroatoms. The molecule has 2 rings (SSSR count). The number of aromatic carboxylic acids is 1. The molecule has 2 aromatic rings. The maximum atomic E-state index is 11.1. The van der Waals surface area contributed by atoms with Crippen LogP contribution in [-0.2, 0) is 6.42 Å². The third-order valence-electron chi connectivity index (χ3n) is 2.77. The number of carboxylic acids is 1. The van der Waals surface area contributed by atoms with E-state index in [4.69, 9.17) is 9.63 Å². The third-order valence-corrected chi connectivity index (χ3v) is 2.77. The molecule has 0 radical (unpaired) electrons. The molecule has 0 fully saturated rings. The van der Waals surface area contributed by atoms with Crippen LogP contribution in [-0.4, -0.2) is 16.2 Å². The summed E-state index contributed by atoms with van der Waals surface area (Å²) in [6, 6.07) is 7.83. The monoisotopic (exact) mass is 231 g/mol. The maximum Gasteiger partial charge on any atom is 0.341 e. The number of aryl methyl sites for hydroxylation is 2. The molecule has 0 bridgehead atoms. The second-order valence-corrected chi connectivity index (χ2v) is 3.97. The second kappa shape index (κ2) is 4.41. The van der Waals surface area contributed by atoms with Gasteiger partial charge in [0.25, 0.3) is 0 Å². The summed E-state index contributed by atoms with van der Waals surface area (Å²) in [6.07, 6.45) is 0.478. The molecule has 17 heavy (non-hydrogen) atoms. The van der Waals surface area contributed by atoms with Crippen molar-refractivity contribution in [2.75, 3.05) is 0 Å². The molecule has 1 aromatic heterocycles. The highest BCUT2D eigenvalue weighted by Gasteiger charge is 2.19. The molecule has 1 N–H and O–H groups in total. The smallest absolute Gasteiger partial charge is 0.341 e. The number of rotatable bonds is 3. The molecule has 0 saturated heterocycles. The van der Waals surface area contributed by atoms with E-state index < -0.39 is 5.97 Å². The minimum absolute atomic E-state index is 0.174. The lowest BCUT2D eigenvalue weighted by atomic mass is 10.0. The number of hydrogen-bond donors (Lipinski definition) is 1. The fourth-order valence-corrected chi connectivity index (χ4v) is 1.80. The van der Waals surface area contributed by atoms with Crippen molar-refractivity contribution in [2.45, 2.75) is 20.3 Å². The first-order valence-corrected chi connectivity index (χ1v) is 5.32. The lowest BCUT2D eigenvalue weighted by Crippen LogP contribution is -2.03. The quantitative estimate of drug-likeness (QED) is 0.881. The van der Waals surface area contributed by atoms with Gasteiger partial charge in [-0.25, -0.2) is 4.79 Å². The first-order chi connectivity index (χ1) is 8.09. The summed E-state index contributed by atoms with van der Waals surface area (Å²) in [5.41, 5.74) is 2.82. The Morgan fingerprint density at radius 3 is 2.71 bits per heavy atom. The van der Waals surface area contributed by atoms with Gasteiger partial charge in [0.15, 0.2) is 0 Å². The Kier molecular flexibility index (Phi) is 2.95. The van der Waals surface area contributed by atoms with Crippen molar-refractivity contribution in [1.82, 2.24) is 5.16 Å². The third kappa shape index (κ3) is 2.20. The van der Waals surface area contributed by atoms with Gasteiger partial charge in [0.05, 0.1) is 0 Å². The molecule has 0 amide bonds. The Balaban J connectivity index is 2.37. The van der Waals surface area contributed by atoms with E-state index in [1.807, 2.05) is 31.2 Å². The van der Waals surface area contributed by atoms with Crippen LogP contribution < -0.4 is 0 Å². The van der Waals surface area contributed by atoms with Gasteiger partial charge in [-0.15, -0.1) is 0 Å². The summed E-state index contributed by atoms with van der Waals surface area (Å²) in [5, 5.41) is 12.9. The van der Waals surface area contributed by atoms with E-state index in [1.54, 1.807) is 6.92 Å². The Labute approximate surface area is 98.9 Å². The summed E-state index contributed by atoms with van der Waals surface area (Å²) in [7, 11) is 0. The standard InChI is InChI=1S/C13H13NO3/c1-8-5-3-4-6-10(8)7-11-12(13(15)16)9(2)17-14-11/h3-6H,7H2,1-2H3,(H,15,16). The molecule has 88 valence electrons. The van der Waals surface area contributed by atoms with Gasteiger partial charge in [-0.2, -0.15) is 0 Å². The minimum Gasteiger partial charge on any atom is -0.477 e. The topological polar surface area (TPSA) is 63.3 Å². The SMILES string of the molecule is Cc1ccccc1Cc1noc(C)c1C(=O)O. The van der Waals surface area contributed by atoms with E-state index in [0.717, 1.165) is 11.1 Å². The molecule has 4 nitrogen and oxygen atoms in total. The Morgan fingerprint density at radius 1 is 1.35 bits per heavy atom. The number of carbonyl (C=O) groups is 1. The van der Waals surface area contributed by atoms with Crippen LogP contribution in [0.4, 0.5) is 0 Å². The summed E-state index contributed by atoms with van der Waals surface area (Å²) in [6.45, 7) is 3.60. The van der Waals surface area contributed by atoms with Crippen LogP contribution in [0.15, 0.2) is 28.8 Å². The van der Waals surface area contributed by atoms with Gasteiger partial charge in [0, 0.05) is 6.42 Å². The average molecular weight is 231 g/mol. The predicted octanol–water partition coefficient (Wildman–Crippen LogP) is 2.58. The van der Waals surface area contributed by atoms with Crippen LogP contribution in [0.2, 0.25) is 0 Å². The van der Waals surface area contributed by atoms with Gasteiger partial charge in [-0.3, -0.25) is 0 Å². The normalized spacial score (nSPS) is 10.5. The minimum atomic E-state index is -0.993. The highest BCUT2D eigenvalue weighted by Crippen LogP contribution is 2.18. The van der Waals surface area contributed by atoms with E-state index in [9.17, 15) is 4.79 Å². The van der Waals surface area contributed by atoms with Crippen LogP contribution in [0.25, 0.3) is 0 Å². The Hall–Kier alpha value is -2.10. The van der Waals surface area contributed by atoms with Crippen LogP contribution in [0.3, 0.4) is 0 Å². The molecular formula is C13H13NO3. The number of nitrogens with zero attached hydrogens (tertiary/aromatic N) is 1. The fourth-order valence-electron chi connectivity index (χ4n) is 1.80. The summed E-state index contributed by atoms with van der Waals surface area (Å²) >= 11 is 0. The van der Waals surface area contributed by atoms with Crippen LogP contribution in [0.1, 0.15) is 32.9 Å². The van der Waals surface area contributed by atoms with Crippen molar-refractivity contribution < 1.29 is 14.4 Å². The molecule has 1 aromatic carbocycles. The molecule has 0 aliphatic rings. The largest absolute Gasteiger partial charge is 0.477 e. The van der Waals surface area contributed by atoms with Crippen molar-refractivity contribution in [2.24, 2.45) is 0 Å². The summed E-state index contributed by atoms with van der Waals surface area (Å²) < 4.78 is 4.94. The molecule has 0 aliphatic carbocycles. The Morgan fingerprint density at radius 2 is 2.06 bits per heavy atom. The number of aromatic nitrogens is 1. The summed E-state index contributed by atoms with van der Waals surface area (Å²) in [5.74, 6) is -0.645. The van der Waals surface area contributed by atoms with E-state index in [1.165, 1.54) is 0 Å². The summed E-state index contributed by atoms with van der Waals surface area (Å²) in [4.78, 5) is 11.1. The lowest BCUT2D eigenvalue weighted by molar-refractivity contribution is 0.0694. The van der Waals surface area contributed by atoms with E-state index in [-0.39, 0.29) is 5.56 Å². The molecule has 0 spiro atoms. The van der Waals surface area contributed by atoms with Crippen molar-refractivity contribution in [1.29, 1.82) is 0 Å². The van der Waals surface area contributed by atoms with Gasteiger partial charge in [0.2, 0.25) is 0 Å². The molecular weight excluding hydrogens is 218 g/mol. The van der Waals surface area contributed by atoms with Gasteiger partial charge in [0.1, 0.15) is 17.0 Å². The van der Waals surface area contributed by atoms with Crippen LogP contribution in [0, 0.1) is 13.8 Å². The molecule has 1 heterocycles. The lowest BCUT2D eigenvalue weighted by Gasteiger charge is -2.03. The number of carboxylic acid groups (broad SMARTS) is 1. The van der Waals surface area contributed by atoms with Crippen molar-refractivity contribution >= 4 is 5.97 Å². The van der Waals surface area contributed by atoms with Crippen LogP contribution in [0.5, 0.6) is 0 Å².